The van der Waals surface area contributed by atoms with Crippen molar-refractivity contribution in [3.8, 4) is 5.75 Å². The molecule has 0 saturated heterocycles. The lowest BCUT2D eigenvalue weighted by Crippen LogP contribution is -2.03. The highest BCUT2D eigenvalue weighted by molar-refractivity contribution is 9.08. The molecule has 2 aromatic rings. The van der Waals surface area contributed by atoms with Gasteiger partial charge >= 0.3 is 0 Å². The number of ether oxygens (including phenoxy) is 1. The van der Waals surface area contributed by atoms with Crippen molar-refractivity contribution < 1.29 is 9.13 Å². The van der Waals surface area contributed by atoms with E-state index in [4.69, 9.17) is 4.74 Å². The van der Waals surface area contributed by atoms with Gasteiger partial charge in [0.2, 0.25) is 0 Å². The fourth-order valence-electron chi connectivity index (χ4n) is 1.63. The minimum absolute atomic E-state index is 0.271. The van der Waals surface area contributed by atoms with E-state index in [0.717, 1.165) is 16.8 Å². The number of pyridine rings is 1. The zero-order valence-electron chi connectivity index (χ0n) is 9.99. The largest absolute Gasteiger partial charge is 0.484 e. The van der Waals surface area contributed by atoms with Crippen molar-refractivity contribution in [3.05, 3.63) is 59.2 Å². The minimum atomic E-state index is -0.347. The number of hydrogen-bond donors (Lipinski definition) is 0. The maximum Gasteiger partial charge on any atom is 0.165 e. The third kappa shape index (κ3) is 2.88. The fourth-order valence-corrected chi connectivity index (χ4v) is 2.07. The number of aryl methyl sites for hydroxylation is 1. The number of para-hydroxylation sites is 1. The first-order chi connectivity index (χ1) is 8.72. The van der Waals surface area contributed by atoms with E-state index in [1.165, 1.54) is 6.07 Å². The first-order valence-corrected chi connectivity index (χ1v) is 6.71. The Morgan fingerprint density at radius 3 is 2.83 bits per heavy atom. The number of rotatable bonds is 4. The van der Waals surface area contributed by atoms with Crippen molar-refractivity contribution in [3.63, 3.8) is 0 Å². The third-order valence-electron chi connectivity index (χ3n) is 2.66. The average molecular weight is 310 g/mol. The number of benzene rings is 1. The Bertz CT molecular complexity index is 545. The summed E-state index contributed by atoms with van der Waals surface area (Å²) < 4.78 is 19.2. The molecular formula is C14H13BrFNO. The molecule has 0 saturated carbocycles. The highest BCUT2D eigenvalue weighted by Crippen LogP contribution is 2.25. The van der Waals surface area contributed by atoms with Gasteiger partial charge in [0.1, 0.15) is 6.61 Å². The summed E-state index contributed by atoms with van der Waals surface area (Å²) in [4.78, 5) is 4.22. The molecule has 0 bridgehead atoms. The summed E-state index contributed by atoms with van der Waals surface area (Å²) in [5.74, 6) is -0.0556. The summed E-state index contributed by atoms with van der Waals surface area (Å²) in [7, 11) is 0. The lowest BCUT2D eigenvalue weighted by Gasteiger charge is -2.11. The second-order valence-corrected chi connectivity index (χ2v) is 4.48. The summed E-state index contributed by atoms with van der Waals surface area (Å²) in [6, 6.07) is 8.72. The van der Waals surface area contributed by atoms with E-state index in [1.807, 2.05) is 25.1 Å². The molecule has 0 N–H and O–H groups in total. The van der Waals surface area contributed by atoms with Crippen molar-refractivity contribution in [2.45, 2.75) is 18.9 Å². The van der Waals surface area contributed by atoms with Gasteiger partial charge in [-0.1, -0.05) is 34.1 Å². The number of aromatic nitrogens is 1. The van der Waals surface area contributed by atoms with Gasteiger partial charge in [-0.25, -0.2) is 4.39 Å². The molecule has 0 fully saturated rings. The van der Waals surface area contributed by atoms with Crippen LogP contribution in [0.1, 0.15) is 16.8 Å². The fraction of sp³-hybridized carbons (Fsp3) is 0.214. The number of hydrogen-bond acceptors (Lipinski definition) is 2. The summed E-state index contributed by atoms with van der Waals surface area (Å²) >= 11 is 3.32. The molecule has 2 rings (SSSR count). The van der Waals surface area contributed by atoms with E-state index in [9.17, 15) is 4.39 Å². The topological polar surface area (TPSA) is 22.1 Å². The predicted molar refractivity (Wildman–Crippen MR) is 72.3 cm³/mol. The average Bonchev–Trinajstić information content (AvgIpc) is 2.39. The van der Waals surface area contributed by atoms with E-state index in [1.54, 1.807) is 12.3 Å². The van der Waals surface area contributed by atoms with Crippen molar-refractivity contribution in [1.29, 1.82) is 0 Å². The molecule has 0 aliphatic heterocycles. The second kappa shape index (κ2) is 5.96. The Kier molecular flexibility index (Phi) is 4.31. The zero-order valence-corrected chi connectivity index (χ0v) is 11.6. The molecule has 1 aromatic heterocycles. The van der Waals surface area contributed by atoms with Crippen LogP contribution in [0.3, 0.4) is 0 Å². The van der Waals surface area contributed by atoms with Crippen molar-refractivity contribution in [2.75, 3.05) is 0 Å². The van der Waals surface area contributed by atoms with Crippen LogP contribution in [0.5, 0.6) is 5.75 Å². The molecular weight excluding hydrogens is 297 g/mol. The van der Waals surface area contributed by atoms with Crippen molar-refractivity contribution >= 4 is 15.9 Å². The molecule has 0 aliphatic rings. The van der Waals surface area contributed by atoms with Crippen LogP contribution in [0.15, 0.2) is 36.5 Å². The van der Waals surface area contributed by atoms with E-state index in [-0.39, 0.29) is 12.4 Å². The molecule has 1 heterocycles. The highest BCUT2D eigenvalue weighted by Gasteiger charge is 2.10. The Morgan fingerprint density at radius 1 is 1.28 bits per heavy atom. The van der Waals surface area contributed by atoms with Gasteiger partial charge in [-0.3, -0.25) is 4.98 Å². The van der Waals surface area contributed by atoms with E-state index < -0.39 is 0 Å². The Labute approximate surface area is 114 Å². The first kappa shape index (κ1) is 13.0. The van der Waals surface area contributed by atoms with Gasteiger partial charge < -0.3 is 4.74 Å². The van der Waals surface area contributed by atoms with Gasteiger partial charge in [0.05, 0.1) is 5.69 Å². The molecule has 0 amide bonds. The number of halogens is 2. The molecule has 0 radical (unpaired) electrons. The minimum Gasteiger partial charge on any atom is -0.484 e. The second-order valence-electron chi connectivity index (χ2n) is 3.92. The number of nitrogens with zero attached hydrogens (tertiary/aromatic N) is 1. The van der Waals surface area contributed by atoms with Crippen LogP contribution < -0.4 is 4.74 Å². The summed E-state index contributed by atoms with van der Waals surface area (Å²) in [5.41, 5.74) is 2.65. The van der Waals surface area contributed by atoms with Gasteiger partial charge in [-0.2, -0.15) is 0 Å². The lowest BCUT2D eigenvalue weighted by molar-refractivity contribution is 0.283. The van der Waals surface area contributed by atoms with Crippen LogP contribution in [0.4, 0.5) is 4.39 Å². The molecule has 0 unspecified atom stereocenters. The highest BCUT2D eigenvalue weighted by atomic mass is 79.9. The standard InChI is InChI=1S/C14H13BrFNO/c1-10-4-3-7-17-13(10)9-18-14-11(8-15)5-2-6-12(14)16/h2-7H,8-9H2,1H3. The van der Waals surface area contributed by atoms with Crippen molar-refractivity contribution in [2.24, 2.45) is 0 Å². The zero-order chi connectivity index (χ0) is 13.0. The van der Waals surface area contributed by atoms with Gasteiger partial charge in [0, 0.05) is 17.1 Å². The van der Waals surface area contributed by atoms with Crippen LogP contribution in [-0.4, -0.2) is 4.98 Å². The smallest absolute Gasteiger partial charge is 0.165 e. The van der Waals surface area contributed by atoms with E-state index in [0.29, 0.717) is 11.1 Å². The van der Waals surface area contributed by atoms with Crippen LogP contribution in [0, 0.1) is 12.7 Å². The Morgan fingerprint density at radius 2 is 2.11 bits per heavy atom. The first-order valence-electron chi connectivity index (χ1n) is 5.59. The quantitative estimate of drug-likeness (QED) is 0.796. The predicted octanol–water partition coefficient (Wildman–Crippen LogP) is 4.00. The van der Waals surface area contributed by atoms with Crippen molar-refractivity contribution in [1.82, 2.24) is 4.98 Å². The molecule has 18 heavy (non-hydrogen) atoms. The molecule has 0 aliphatic carbocycles. The summed E-state index contributed by atoms with van der Waals surface area (Å²) in [6.07, 6.45) is 1.71. The normalized spacial score (nSPS) is 10.4. The van der Waals surface area contributed by atoms with E-state index in [2.05, 4.69) is 20.9 Å². The number of alkyl halides is 1. The maximum absolute atomic E-state index is 13.7. The van der Waals surface area contributed by atoms with Crippen LogP contribution in [0.25, 0.3) is 0 Å². The van der Waals surface area contributed by atoms with Gasteiger partial charge in [-0.05, 0) is 24.6 Å². The monoisotopic (exact) mass is 309 g/mol. The molecule has 0 atom stereocenters. The molecule has 4 heteroatoms. The Hall–Kier alpha value is -1.42. The SMILES string of the molecule is Cc1cccnc1COc1c(F)cccc1CBr. The molecule has 0 spiro atoms. The van der Waals surface area contributed by atoms with Crippen LogP contribution in [0.2, 0.25) is 0 Å². The maximum atomic E-state index is 13.7. The third-order valence-corrected chi connectivity index (χ3v) is 3.27. The summed E-state index contributed by atoms with van der Waals surface area (Å²) in [5, 5.41) is 0.557. The molecule has 94 valence electrons. The van der Waals surface area contributed by atoms with Gasteiger partial charge in [-0.15, -0.1) is 0 Å². The van der Waals surface area contributed by atoms with E-state index >= 15 is 0 Å². The Balaban J connectivity index is 2.18. The van der Waals surface area contributed by atoms with Crippen LogP contribution in [-0.2, 0) is 11.9 Å². The molecule has 2 nitrogen and oxygen atoms in total. The van der Waals surface area contributed by atoms with Crippen LogP contribution >= 0.6 is 15.9 Å². The lowest BCUT2D eigenvalue weighted by atomic mass is 10.2. The van der Waals surface area contributed by atoms with Gasteiger partial charge in [0.25, 0.3) is 0 Å². The summed E-state index contributed by atoms with van der Waals surface area (Å²) in [6.45, 7) is 2.23. The van der Waals surface area contributed by atoms with Gasteiger partial charge in [0.15, 0.2) is 11.6 Å². The molecule has 1 aromatic carbocycles.